The maximum absolute atomic E-state index is 13.4. The highest BCUT2D eigenvalue weighted by Gasteiger charge is 2.39. The zero-order valence-corrected chi connectivity index (χ0v) is 18.4. The maximum Gasteiger partial charge on any atom is 0.296 e. The van der Waals surface area contributed by atoms with Gasteiger partial charge < -0.3 is 0 Å². The Labute approximate surface area is 183 Å². The van der Waals surface area contributed by atoms with E-state index in [1.165, 1.54) is 48.5 Å². The molecule has 0 spiro atoms. The predicted octanol–water partition coefficient (Wildman–Crippen LogP) is 3.79. The molecule has 0 aliphatic carbocycles. The normalized spacial score (nSPS) is 11.8. The van der Waals surface area contributed by atoms with Gasteiger partial charge in [0.25, 0.3) is 11.4 Å². The number of sulfone groups is 2. The SMILES string of the molecule is Cc1ccc(S(=O)(=O)c2cc([N+](=O)[O-])cc([N+](=O)[O-])c2S(=O)(=O)c2ccc(C)cc2)cc1. The van der Waals surface area contributed by atoms with Crippen LogP contribution in [0.5, 0.6) is 0 Å². The van der Waals surface area contributed by atoms with Crippen LogP contribution in [0.15, 0.2) is 80.2 Å². The number of nitro benzene ring substituents is 2. The topological polar surface area (TPSA) is 155 Å². The Bertz CT molecular complexity index is 1440. The van der Waals surface area contributed by atoms with E-state index < -0.39 is 50.7 Å². The highest BCUT2D eigenvalue weighted by Crippen LogP contribution is 2.40. The third-order valence-corrected chi connectivity index (χ3v) is 8.43. The van der Waals surface area contributed by atoms with E-state index in [0.717, 1.165) is 0 Å². The summed E-state index contributed by atoms with van der Waals surface area (Å²) in [6.45, 7) is 3.39. The fourth-order valence-corrected chi connectivity index (χ4v) is 6.46. The van der Waals surface area contributed by atoms with Crippen LogP contribution in [0.4, 0.5) is 11.4 Å². The molecule has 0 heterocycles. The zero-order valence-electron chi connectivity index (χ0n) is 16.8. The van der Waals surface area contributed by atoms with Gasteiger partial charge in [0.05, 0.1) is 25.7 Å². The van der Waals surface area contributed by atoms with Crippen LogP contribution in [0.3, 0.4) is 0 Å². The zero-order chi connectivity index (χ0) is 23.8. The second-order valence-electron chi connectivity index (χ2n) is 6.94. The molecule has 10 nitrogen and oxygen atoms in total. The number of hydrogen-bond acceptors (Lipinski definition) is 8. The first-order valence-corrected chi connectivity index (χ1v) is 11.9. The van der Waals surface area contributed by atoms with E-state index in [4.69, 9.17) is 0 Å². The summed E-state index contributed by atoms with van der Waals surface area (Å²) in [7, 11) is -9.43. The van der Waals surface area contributed by atoms with Crippen molar-refractivity contribution in [3.8, 4) is 0 Å². The van der Waals surface area contributed by atoms with E-state index in [2.05, 4.69) is 0 Å². The Morgan fingerprint density at radius 2 is 1.09 bits per heavy atom. The highest BCUT2D eigenvalue weighted by molar-refractivity contribution is 7.94. The van der Waals surface area contributed by atoms with Crippen LogP contribution in [0.1, 0.15) is 11.1 Å². The monoisotopic (exact) mass is 476 g/mol. The van der Waals surface area contributed by atoms with Gasteiger partial charge in [-0.15, -0.1) is 0 Å². The molecule has 0 bridgehead atoms. The van der Waals surface area contributed by atoms with Gasteiger partial charge in [-0.3, -0.25) is 20.2 Å². The lowest BCUT2D eigenvalue weighted by molar-refractivity contribution is -0.396. The summed E-state index contributed by atoms with van der Waals surface area (Å²) < 4.78 is 53.4. The summed E-state index contributed by atoms with van der Waals surface area (Å²) in [6.07, 6.45) is 0. The third-order valence-electron chi connectivity index (χ3n) is 4.65. The van der Waals surface area contributed by atoms with Crippen molar-refractivity contribution in [2.24, 2.45) is 0 Å². The lowest BCUT2D eigenvalue weighted by Gasteiger charge is -2.13. The van der Waals surface area contributed by atoms with Gasteiger partial charge in [0, 0.05) is 6.07 Å². The first-order valence-electron chi connectivity index (χ1n) is 8.96. The molecule has 0 saturated carbocycles. The number of benzene rings is 3. The van der Waals surface area contributed by atoms with Gasteiger partial charge in [0.1, 0.15) is 4.90 Å². The molecule has 0 aliphatic rings. The van der Waals surface area contributed by atoms with Crippen LogP contribution in [0.2, 0.25) is 0 Å². The Balaban J connectivity index is 2.47. The molecule has 0 aliphatic heterocycles. The molecule has 0 atom stereocenters. The number of nitrogens with zero attached hydrogens (tertiary/aromatic N) is 2. The van der Waals surface area contributed by atoms with Gasteiger partial charge in [0.2, 0.25) is 19.7 Å². The highest BCUT2D eigenvalue weighted by atomic mass is 32.2. The number of aryl methyl sites for hydroxylation is 2. The molecule has 0 amide bonds. The predicted molar refractivity (Wildman–Crippen MR) is 113 cm³/mol. The quantitative estimate of drug-likeness (QED) is 0.384. The lowest BCUT2D eigenvalue weighted by Crippen LogP contribution is -2.14. The third kappa shape index (κ3) is 4.09. The fourth-order valence-electron chi connectivity index (χ4n) is 2.96. The maximum atomic E-state index is 13.4. The Morgan fingerprint density at radius 1 is 0.656 bits per heavy atom. The van der Waals surface area contributed by atoms with Gasteiger partial charge in [-0.2, -0.15) is 0 Å². The largest absolute Gasteiger partial charge is 0.296 e. The standard InChI is InChI=1S/C20H16N2O8S2/c1-13-3-7-16(8-4-13)31(27,28)19-12-15(21(23)24)11-18(22(25)26)20(19)32(29,30)17-9-5-14(2)6-10-17/h3-12H,1-2H3. The molecule has 0 unspecified atom stereocenters. The van der Waals surface area contributed by atoms with Gasteiger partial charge in [-0.1, -0.05) is 35.4 Å². The summed E-state index contributed by atoms with van der Waals surface area (Å²) in [5, 5.41) is 23.1. The van der Waals surface area contributed by atoms with E-state index in [-0.39, 0.29) is 9.79 Å². The molecule has 166 valence electrons. The molecule has 3 rings (SSSR count). The van der Waals surface area contributed by atoms with Crippen LogP contribution < -0.4 is 0 Å². The molecule has 0 aromatic heterocycles. The van der Waals surface area contributed by atoms with Crippen LogP contribution in [-0.4, -0.2) is 26.7 Å². The first-order chi connectivity index (χ1) is 14.9. The minimum atomic E-state index is -4.75. The Kier molecular flexibility index (Phi) is 5.85. The van der Waals surface area contributed by atoms with Crippen molar-refractivity contribution in [1.82, 2.24) is 0 Å². The van der Waals surface area contributed by atoms with Crippen molar-refractivity contribution in [1.29, 1.82) is 0 Å². The molecule has 32 heavy (non-hydrogen) atoms. The van der Waals surface area contributed by atoms with E-state index in [9.17, 15) is 37.1 Å². The number of hydrogen-bond donors (Lipinski definition) is 0. The van der Waals surface area contributed by atoms with Crippen molar-refractivity contribution in [2.45, 2.75) is 33.4 Å². The Hall–Kier alpha value is -3.64. The molecule has 3 aromatic carbocycles. The molecule has 0 saturated heterocycles. The number of nitro groups is 2. The van der Waals surface area contributed by atoms with E-state index >= 15 is 0 Å². The second-order valence-corrected chi connectivity index (χ2v) is 10.7. The summed E-state index contributed by atoms with van der Waals surface area (Å²) in [4.78, 5) is 18.0. The molecule has 0 radical (unpaired) electrons. The minimum absolute atomic E-state index is 0.363. The van der Waals surface area contributed by atoms with E-state index in [1.54, 1.807) is 13.8 Å². The van der Waals surface area contributed by atoms with Crippen LogP contribution in [-0.2, 0) is 19.7 Å². The van der Waals surface area contributed by atoms with Crippen molar-refractivity contribution in [2.75, 3.05) is 0 Å². The molecular weight excluding hydrogens is 460 g/mol. The van der Waals surface area contributed by atoms with Crippen LogP contribution in [0.25, 0.3) is 0 Å². The summed E-state index contributed by atoms with van der Waals surface area (Å²) in [6, 6.07) is 11.5. The van der Waals surface area contributed by atoms with Gasteiger partial charge in [-0.25, -0.2) is 16.8 Å². The van der Waals surface area contributed by atoms with Crippen molar-refractivity contribution in [3.63, 3.8) is 0 Å². The smallest absolute Gasteiger partial charge is 0.258 e. The summed E-state index contributed by atoms with van der Waals surface area (Å²) >= 11 is 0. The lowest BCUT2D eigenvalue weighted by atomic mass is 10.2. The molecule has 0 N–H and O–H groups in total. The summed E-state index contributed by atoms with van der Waals surface area (Å²) in [5.74, 6) is 0. The van der Waals surface area contributed by atoms with Gasteiger partial charge >= 0.3 is 0 Å². The fraction of sp³-hybridized carbons (Fsp3) is 0.100. The second kappa shape index (κ2) is 8.13. The molecule has 0 fully saturated rings. The Morgan fingerprint density at radius 3 is 1.50 bits per heavy atom. The first kappa shape index (κ1) is 23.0. The van der Waals surface area contributed by atoms with E-state index in [1.807, 2.05) is 0 Å². The van der Waals surface area contributed by atoms with Crippen molar-refractivity contribution >= 4 is 31.0 Å². The van der Waals surface area contributed by atoms with Gasteiger partial charge in [0.15, 0.2) is 4.90 Å². The average Bonchev–Trinajstić information content (AvgIpc) is 2.73. The number of non-ortho nitro benzene ring substituents is 1. The molecule has 3 aromatic rings. The van der Waals surface area contributed by atoms with Crippen LogP contribution >= 0.6 is 0 Å². The average molecular weight is 476 g/mol. The molecular formula is C20H16N2O8S2. The van der Waals surface area contributed by atoms with Crippen molar-refractivity contribution < 1.29 is 26.7 Å². The van der Waals surface area contributed by atoms with Gasteiger partial charge in [-0.05, 0) is 38.1 Å². The van der Waals surface area contributed by atoms with Crippen LogP contribution in [0, 0.1) is 34.1 Å². The number of rotatable bonds is 6. The molecule has 12 heteroatoms. The minimum Gasteiger partial charge on any atom is -0.258 e. The van der Waals surface area contributed by atoms with E-state index in [0.29, 0.717) is 23.3 Å². The van der Waals surface area contributed by atoms with Crippen molar-refractivity contribution in [3.05, 3.63) is 92.0 Å². The summed E-state index contributed by atoms with van der Waals surface area (Å²) in [5.41, 5.74) is -0.716.